The Kier molecular flexibility index (Phi) is 6.34. The molecular weight excluding hydrogens is 370 g/mol. The average Bonchev–Trinajstić information content (AvgIpc) is 2.98. The molecule has 1 aliphatic heterocycles. The average molecular weight is 390 g/mol. The van der Waals surface area contributed by atoms with Gasteiger partial charge in [0.15, 0.2) is 10.3 Å². The SMILES string of the molecule is C[C@H]1CN(C(=S)NCCc2ccccc2)C(=Nc2ccc(Cl)cc2)S1. The number of halogens is 1. The highest BCUT2D eigenvalue weighted by Gasteiger charge is 2.28. The predicted octanol–water partition coefficient (Wildman–Crippen LogP) is 4.88. The van der Waals surface area contributed by atoms with E-state index in [0.717, 1.165) is 35.5 Å². The van der Waals surface area contributed by atoms with Crippen LogP contribution in [0.4, 0.5) is 5.69 Å². The first-order valence-electron chi connectivity index (χ1n) is 8.22. The minimum absolute atomic E-state index is 0.458. The van der Waals surface area contributed by atoms with E-state index < -0.39 is 0 Å². The van der Waals surface area contributed by atoms with Gasteiger partial charge in [-0.2, -0.15) is 0 Å². The van der Waals surface area contributed by atoms with Crippen molar-refractivity contribution < 1.29 is 0 Å². The van der Waals surface area contributed by atoms with Gasteiger partial charge >= 0.3 is 0 Å². The molecule has 0 amide bonds. The van der Waals surface area contributed by atoms with Crippen LogP contribution in [-0.4, -0.2) is 33.5 Å². The van der Waals surface area contributed by atoms with E-state index in [1.54, 1.807) is 11.8 Å². The molecule has 0 spiro atoms. The lowest BCUT2D eigenvalue weighted by Gasteiger charge is -2.20. The van der Waals surface area contributed by atoms with Gasteiger partial charge in [-0.25, -0.2) is 4.99 Å². The second-order valence-electron chi connectivity index (χ2n) is 5.88. The minimum atomic E-state index is 0.458. The summed E-state index contributed by atoms with van der Waals surface area (Å²) in [5.74, 6) is 0. The lowest BCUT2D eigenvalue weighted by Crippen LogP contribution is -2.41. The van der Waals surface area contributed by atoms with E-state index in [0.29, 0.717) is 10.3 Å². The molecule has 2 aromatic rings. The summed E-state index contributed by atoms with van der Waals surface area (Å²) >= 11 is 13.3. The van der Waals surface area contributed by atoms with E-state index in [4.69, 9.17) is 28.8 Å². The van der Waals surface area contributed by atoms with Crippen molar-refractivity contribution in [3.8, 4) is 0 Å². The van der Waals surface area contributed by atoms with Crippen molar-refractivity contribution >= 4 is 51.5 Å². The molecule has 0 saturated carbocycles. The molecule has 0 aliphatic carbocycles. The van der Waals surface area contributed by atoms with Crippen LogP contribution in [0.5, 0.6) is 0 Å². The highest BCUT2D eigenvalue weighted by molar-refractivity contribution is 8.14. The molecule has 1 heterocycles. The van der Waals surface area contributed by atoms with Crippen LogP contribution in [0.2, 0.25) is 5.02 Å². The van der Waals surface area contributed by atoms with Crippen LogP contribution in [0.15, 0.2) is 59.6 Å². The molecule has 3 rings (SSSR count). The molecule has 0 unspecified atom stereocenters. The van der Waals surface area contributed by atoms with Gasteiger partial charge in [0, 0.05) is 23.4 Å². The largest absolute Gasteiger partial charge is 0.362 e. The molecule has 2 aromatic carbocycles. The summed E-state index contributed by atoms with van der Waals surface area (Å²) in [6, 6.07) is 18.0. The fraction of sp³-hybridized carbons (Fsp3) is 0.263. The van der Waals surface area contributed by atoms with Crippen LogP contribution in [0.25, 0.3) is 0 Å². The van der Waals surface area contributed by atoms with Gasteiger partial charge in [-0.05, 0) is 48.5 Å². The third-order valence-corrected chi connectivity index (χ3v) is 5.50. The van der Waals surface area contributed by atoms with Crippen LogP contribution in [0, 0.1) is 0 Å². The first kappa shape index (κ1) is 18.2. The van der Waals surface area contributed by atoms with Crippen LogP contribution in [0.3, 0.4) is 0 Å². The van der Waals surface area contributed by atoms with E-state index >= 15 is 0 Å². The molecule has 0 aromatic heterocycles. The fourth-order valence-corrected chi connectivity index (χ4v) is 4.03. The Hall–Kier alpha value is -1.56. The normalized spacial score (nSPS) is 18.6. The lowest BCUT2D eigenvalue weighted by atomic mass is 10.1. The highest BCUT2D eigenvalue weighted by Crippen LogP contribution is 2.28. The van der Waals surface area contributed by atoms with E-state index in [-0.39, 0.29) is 0 Å². The second kappa shape index (κ2) is 8.70. The summed E-state index contributed by atoms with van der Waals surface area (Å²) in [6.45, 7) is 3.87. The molecular formula is C19H20ClN3S2. The molecule has 1 saturated heterocycles. The van der Waals surface area contributed by atoms with Crippen LogP contribution >= 0.6 is 35.6 Å². The Morgan fingerprint density at radius 1 is 1.24 bits per heavy atom. The molecule has 3 nitrogen and oxygen atoms in total. The standard InChI is InChI=1S/C19H20ClN3S2/c1-14-13-23(18(24)21-12-11-15-5-3-2-4-6-15)19(25-14)22-17-9-7-16(20)8-10-17/h2-10,14H,11-13H2,1H3,(H,21,24)/t14-/m0/s1. The van der Waals surface area contributed by atoms with Gasteiger partial charge in [-0.15, -0.1) is 0 Å². The maximum absolute atomic E-state index is 5.94. The number of nitrogens with one attached hydrogen (secondary N) is 1. The quantitative estimate of drug-likeness (QED) is 0.754. The molecule has 1 N–H and O–H groups in total. The summed E-state index contributed by atoms with van der Waals surface area (Å²) in [7, 11) is 0. The van der Waals surface area contributed by atoms with Gasteiger partial charge in [-0.3, -0.25) is 4.90 Å². The lowest BCUT2D eigenvalue weighted by molar-refractivity contribution is 0.613. The zero-order valence-corrected chi connectivity index (χ0v) is 16.4. The van der Waals surface area contributed by atoms with Crippen molar-refractivity contribution in [2.45, 2.75) is 18.6 Å². The zero-order chi connectivity index (χ0) is 17.6. The van der Waals surface area contributed by atoms with E-state index in [2.05, 4.69) is 41.4 Å². The summed E-state index contributed by atoms with van der Waals surface area (Å²) in [5.41, 5.74) is 2.19. The van der Waals surface area contributed by atoms with Crippen molar-refractivity contribution in [3.05, 3.63) is 65.2 Å². The fourth-order valence-electron chi connectivity index (χ4n) is 2.55. The van der Waals surface area contributed by atoms with Crippen molar-refractivity contribution in [1.82, 2.24) is 10.2 Å². The van der Waals surface area contributed by atoms with E-state index in [1.807, 2.05) is 30.3 Å². The summed E-state index contributed by atoms with van der Waals surface area (Å²) < 4.78 is 0. The third kappa shape index (κ3) is 5.21. The molecule has 25 heavy (non-hydrogen) atoms. The molecule has 1 atom stereocenters. The number of thioether (sulfide) groups is 1. The minimum Gasteiger partial charge on any atom is -0.362 e. The molecule has 0 bridgehead atoms. The third-order valence-electron chi connectivity index (χ3n) is 3.81. The summed E-state index contributed by atoms with van der Waals surface area (Å²) in [5, 5.41) is 6.21. The molecule has 130 valence electrons. The predicted molar refractivity (Wildman–Crippen MR) is 113 cm³/mol. The number of nitrogens with zero attached hydrogens (tertiary/aromatic N) is 2. The molecule has 0 radical (unpaired) electrons. The molecule has 1 aliphatic rings. The number of hydrogen-bond acceptors (Lipinski definition) is 3. The number of aliphatic imine (C=N–C) groups is 1. The summed E-state index contributed by atoms with van der Waals surface area (Å²) in [6.07, 6.45) is 0.946. The first-order valence-corrected chi connectivity index (χ1v) is 9.88. The van der Waals surface area contributed by atoms with Gasteiger partial charge < -0.3 is 5.32 Å². The van der Waals surface area contributed by atoms with Gasteiger partial charge in [0.1, 0.15) is 0 Å². The topological polar surface area (TPSA) is 27.6 Å². The number of thiocarbonyl (C=S) groups is 1. The van der Waals surface area contributed by atoms with E-state index in [9.17, 15) is 0 Å². The Balaban J connectivity index is 1.62. The van der Waals surface area contributed by atoms with Gasteiger partial charge in [0.25, 0.3) is 0 Å². The zero-order valence-electron chi connectivity index (χ0n) is 14.0. The van der Waals surface area contributed by atoms with Gasteiger partial charge in [0.2, 0.25) is 0 Å². The number of hydrogen-bond donors (Lipinski definition) is 1. The first-order chi connectivity index (χ1) is 12.1. The Bertz CT molecular complexity index is 747. The number of benzene rings is 2. The smallest absolute Gasteiger partial charge is 0.175 e. The Morgan fingerprint density at radius 3 is 2.68 bits per heavy atom. The van der Waals surface area contributed by atoms with E-state index in [1.165, 1.54) is 5.56 Å². The van der Waals surface area contributed by atoms with Crippen LogP contribution in [-0.2, 0) is 6.42 Å². The number of amidine groups is 1. The van der Waals surface area contributed by atoms with Crippen LogP contribution in [0.1, 0.15) is 12.5 Å². The monoisotopic (exact) mass is 389 g/mol. The second-order valence-corrected chi connectivity index (χ2v) is 8.11. The molecule has 6 heteroatoms. The number of rotatable bonds is 4. The maximum atomic E-state index is 5.94. The molecule has 1 fully saturated rings. The van der Waals surface area contributed by atoms with Gasteiger partial charge in [0.05, 0.1) is 5.69 Å². The van der Waals surface area contributed by atoms with Gasteiger partial charge in [-0.1, -0.05) is 60.6 Å². The highest BCUT2D eigenvalue weighted by atomic mass is 35.5. The Morgan fingerprint density at radius 2 is 1.96 bits per heavy atom. The summed E-state index contributed by atoms with van der Waals surface area (Å²) in [4.78, 5) is 6.83. The van der Waals surface area contributed by atoms with Crippen LogP contribution < -0.4 is 5.32 Å². The van der Waals surface area contributed by atoms with Crippen molar-refractivity contribution in [1.29, 1.82) is 0 Å². The van der Waals surface area contributed by atoms with Crippen molar-refractivity contribution in [2.24, 2.45) is 4.99 Å². The Labute approximate surface area is 163 Å². The maximum Gasteiger partial charge on any atom is 0.175 e. The van der Waals surface area contributed by atoms with Crippen molar-refractivity contribution in [2.75, 3.05) is 13.1 Å². The van der Waals surface area contributed by atoms with Crippen molar-refractivity contribution in [3.63, 3.8) is 0 Å².